The van der Waals surface area contributed by atoms with E-state index in [9.17, 15) is 0 Å². The second-order valence-corrected chi connectivity index (χ2v) is 7.83. The zero-order valence-corrected chi connectivity index (χ0v) is 17.7. The van der Waals surface area contributed by atoms with Crippen LogP contribution in [0.4, 0.5) is 5.69 Å². The lowest BCUT2D eigenvalue weighted by atomic mass is 9.97. The zero-order valence-electron chi connectivity index (χ0n) is 16.9. The molecule has 1 aliphatic heterocycles. The third-order valence-electron chi connectivity index (χ3n) is 6.04. The minimum atomic E-state index is 0. The Morgan fingerprint density at radius 1 is 0.966 bits per heavy atom. The largest absolute Gasteiger partial charge is 0.365 e. The number of H-pyrrole nitrogens is 1. The molecule has 0 aliphatic carbocycles. The number of halogens is 1. The van der Waals surface area contributed by atoms with Crippen molar-refractivity contribution >= 4 is 29.1 Å². The lowest BCUT2D eigenvalue weighted by molar-refractivity contribution is 0.729. The number of nitrogens with one attached hydrogen (secondary N) is 1. The van der Waals surface area contributed by atoms with Crippen LogP contribution < -0.4 is 4.90 Å². The highest BCUT2D eigenvalue weighted by Gasteiger charge is 2.23. The van der Waals surface area contributed by atoms with Crippen LogP contribution in [0.2, 0.25) is 0 Å². The molecule has 1 N–H and O–H groups in total. The van der Waals surface area contributed by atoms with Gasteiger partial charge in [-0.15, -0.1) is 12.4 Å². The van der Waals surface area contributed by atoms with Crippen molar-refractivity contribution in [2.45, 2.75) is 33.2 Å². The number of hydrogen-bond donors (Lipinski definition) is 1. The van der Waals surface area contributed by atoms with E-state index in [1.807, 2.05) is 0 Å². The van der Waals surface area contributed by atoms with Crippen LogP contribution in [0.1, 0.15) is 33.5 Å². The molecule has 0 atom stereocenters. The Bertz CT molecular complexity index is 1150. The van der Waals surface area contributed by atoms with E-state index in [4.69, 9.17) is 4.98 Å². The number of aromatic amines is 1. The van der Waals surface area contributed by atoms with Gasteiger partial charge in [-0.3, -0.25) is 4.98 Å². The first-order valence-electron chi connectivity index (χ1n) is 10.0. The monoisotopic (exact) mass is 403 g/mol. The predicted octanol–water partition coefficient (Wildman–Crippen LogP) is 5.76. The summed E-state index contributed by atoms with van der Waals surface area (Å²) in [5, 5.41) is 0. The van der Waals surface area contributed by atoms with Crippen molar-refractivity contribution in [3.8, 4) is 0 Å². The topological polar surface area (TPSA) is 31.9 Å². The Morgan fingerprint density at radius 3 is 2.48 bits per heavy atom. The van der Waals surface area contributed by atoms with Crippen LogP contribution in [0.5, 0.6) is 0 Å². The van der Waals surface area contributed by atoms with E-state index in [1.165, 1.54) is 44.7 Å². The molecule has 29 heavy (non-hydrogen) atoms. The van der Waals surface area contributed by atoms with Gasteiger partial charge < -0.3 is 9.88 Å². The SMILES string of the molecule is Cc1[nH]c2c(N3CCc4ccccc4C3)c(Cc3ccccc3)cnc2c1C.Cl. The van der Waals surface area contributed by atoms with Gasteiger partial charge in [-0.05, 0) is 42.5 Å². The van der Waals surface area contributed by atoms with Crippen molar-refractivity contribution in [1.82, 2.24) is 9.97 Å². The number of aryl methyl sites for hydroxylation is 2. The van der Waals surface area contributed by atoms with Crippen LogP contribution in [0.15, 0.2) is 60.8 Å². The zero-order chi connectivity index (χ0) is 19.1. The van der Waals surface area contributed by atoms with Crippen molar-refractivity contribution in [2.24, 2.45) is 0 Å². The minimum Gasteiger partial charge on any atom is -0.365 e. The van der Waals surface area contributed by atoms with E-state index in [0.717, 1.165) is 31.4 Å². The first-order chi connectivity index (χ1) is 13.7. The fourth-order valence-corrected chi connectivity index (χ4v) is 4.40. The van der Waals surface area contributed by atoms with E-state index < -0.39 is 0 Å². The van der Waals surface area contributed by atoms with Crippen molar-refractivity contribution in [3.63, 3.8) is 0 Å². The normalized spacial score (nSPS) is 13.2. The highest BCUT2D eigenvalue weighted by Crippen LogP contribution is 2.35. The standard InChI is InChI=1S/C25H25N3.ClH/c1-17-18(2)27-24-23(17)26-15-22(14-19-8-4-3-5-9-19)25(24)28-13-12-20-10-6-7-11-21(20)16-28;/h3-11,15,27H,12-14,16H2,1-2H3;1H. The molecule has 2 aromatic heterocycles. The van der Waals surface area contributed by atoms with Crippen LogP contribution >= 0.6 is 12.4 Å². The Kier molecular flexibility index (Phi) is 5.33. The molecule has 0 unspecified atom stereocenters. The van der Waals surface area contributed by atoms with Crippen LogP contribution in [-0.4, -0.2) is 16.5 Å². The summed E-state index contributed by atoms with van der Waals surface area (Å²) in [4.78, 5) is 11.0. The molecular weight excluding hydrogens is 378 g/mol. The summed E-state index contributed by atoms with van der Waals surface area (Å²) in [6.07, 6.45) is 4.07. The molecule has 0 spiro atoms. The van der Waals surface area contributed by atoms with Gasteiger partial charge in [0.2, 0.25) is 0 Å². The van der Waals surface area contributed by atoms with Crippen molar-refractivity contribution < 1.29 is 0 Å². The van der Waals surface area contributed by atoms with E-state index >= 15 is 0 Å². The molecule has 4 heteroatoms. The molecule has 2 aromatic carbocycles. The number of aromatic nitrogens is 2. The second kappa shape index (κ2) is 7.92. The van der Waals surface area contributed by atoms with E-state index in [1.54, 1.807) is 0 Å². The molecule has 0 radical (unpaired) electrons. The smallest absolute Gasteiger partial charge is 0.0932 e. The molecule has 0 saturated carbocycles. The summed E-state index contributed by atoms with van der Waals surface area (Å²) in [6, 6.07) is 19.5. The van der Waals surface area contributed by atoms with Gasteiger partial charge in [-0.2, -0.15) is 0 Å². The molecule has 4 aromatic rings. The summed E-state index contributed by atoms with van der Waals surface area (Å²) in [7, 11) is 0. The van der Waals surface area contributed by atoms with Crippen LogP contribution in [0.25, 0.3) is 11.0 Å². The van der Waals surface area contributed by atoms with Crippen molar-refractivity contribution in [1.29, 1.82) is 0 Å². The summed E-state index contributed by atoms with van der Waals surface area (Å²) >= 11 is 0. The number of fused-ring (bicyclic) bond motifs is 2. The molecular formula is C25H26ClN3. The molecule has 3 nitrogen and oxygen atoms in total. The van der Waals surface area contributed by atoms with Crippen molar-refractivity contribution in [2.75, 3.05) is 11.4 Å². The quantitative estimate of drug-likeness (QED) is 0.472. The summed E-state index contributed by atoms with van der Waals surface area (Å²) in [5.41, 5.74) is 11.6. The molecule has 0 saturated heterocycles. The number of hydrogen-bond acceptors (Lipinski definition) is 2. The van der Waals surface area contributed by atoms with Gasteiger partial charge in [-0.25, -0.2) is 0 Å². The fourth-order valence-electron chi connectivity index (χ4n) is 4.40. The lowest BCUT2D eigenvalue weighted by Gasteiger charge is -2.32. The fraction of sp³-hybridized carbons (Fsp3) is 0.240. The maximum absolute atomic E-state index is 4.84. The maximum atomic E-state index is 4.84. The maximum Gasteiger partial charge on any atom is 0.0932 e. The average molecular weight is 404 g/mol. The van der Waals surface area contributed by atoms with Gasteiger partial charge in [0.15, 0.2) is 0 Å². The minimum absolute atomic E-state index is 0. The Hall–Kier alpha value is -2.78. The molecule has 148 valence electrons. The lowest BCUT2D eigenvalue weighted by Crippen LogP contribution is -2.31. The number of nitrogens with zero attached hydrogens (tertiary/aromatic N) is 2. The van der Waals surface area contributed by atoms with Gasteiger partial charge in [0.25, 0.3) is 0 Å². The molecule has 0 bridgehead atoms. The third kappa shape index (κ3) is 3.51. The first kappa shape index (κ1) is 19.5. The highest BCUT2D eigenvalue weighted by atomic mass is 35.5. The number of pyridine rings is 1. The number of benzene rings is 2. The van der Waals surface area contributed by atoms with Gasteiger partial charge in [0.1, 0.15) is 0 Å². The number of rotatable bonds is 3. The third-order valence-corrected chi connectivity index (χ3v) is 6.04. The average Bonchev–Trinajstić information content (AvgIpc) is 3.02. The molecule has 3 heterocycles. The summed E-state index contributed by atoms with van der Waals surface area (Å²) in [6.45, 7) is 6.29. The van der Waals surface area contributed by atoms with Crippen molar-refractivity contribution in [3.05, 3.63) is 94.3 Å². The molecule has 1 aliphatic rings. The van der Waals surface area contributed by atoms with E-state index in [0.29, 0.717) is 0 Å². The van der Waals surface area contributed by atoms with Gasteiger partial charge in [-0.1, -0.05) is 54.6 Å². The number of anilines is 1. The van der Waals surface area contributed by atoms with Gasteiger partial charge in [0, 0.05) is 37.0 Å². The molecule has 0 fully saturated rings. The van der Waals surface area contributed by atoms with Crippen LogP contribution in [0.3, 0.4) is 0 Å². The Morgan fingerprint density at radius 2 is 1.69 bits per heavy atom. The van der Waals surface area contributed by atoms with Gasteiger partial charge >= 0.3 is 0 Å². The van der Waals surface area contributed by atoms with E-state index in [-0.39, 0.29) is 12.4 Å². The van der Waals surface area contributed by atoms with Gasteiger partial charge in [0.05, 0.1) is 16.7 Å². The molecule has 0 amide bonds. The summed E-state index contributed by atoms with van der Waals surface area (Å²) in [5.74, 6) is 0. The summed E-state index contributed by atoms with van der Waals surface area (Å²) < 4.78 is 0. The van der Waals surface area contributed by atoms with Crippen LogP contribution in [0, 0.1) is 13.8 Å². The Labute approximate surface area is 178 Å². The second-order valence-electron chi connectivity index (χ2n) is 7.83. The Balaban J connectivity index is 0.00000205. The predicted molar refractivity (Wildman–Crippen MR) is 123 cm³/mol. The van der Waals surface area contributed by atoms with E-state index in [2.05, 4.69) is 84.5 Å². The molecule has 5 rings (SSSR count). The van der Waals surface area contributed by atoms with Crippen LogP contribution in [-0.2, 0) is 19.4 Å². The highest BCUT2D eigenvalue weighted by molar-refractivity contribution is 5.93. The first-order valence-corrected chi connectivity index (χ1v) is 10.0.